The van der Waals surface area contributed by atoms with Gasteiger partial charge >= 0.3 is 6.03 Å². The van der Waals surface area contributed by atoms with Gasteiger partial charge in [-0.1, -0.05) is 31.1 Å². The number of urea groups is 1. The second-order valence-corrected chi connectivity index (χ2v) is 9.44. The van der Waals surface area contributed by atoms with Gasteiger partial charge in [0.25, 0.3) is 0 Å². The van der Waals surface area contributed by atoms with Gasteiger partial charge in [-0.25, -0.2) is 18.6 Å². The summed E-state index contributed by atoms with van der Waals surface area (Å²) in [6.07, 6.45) is 4.35. The molecule has 1 aromatic carbocycles. The molecule has 2 aliphatic rings. The molecule has 2 atom stereocenters. The second kappa shape index (κ2) is 12.2. The van der Waals surface area contributed by atoms with Crippen LogP contribution in [-0.2, 0) is 6.54 Å². The molecule has 2 heterocycles. The molecule has 1 saturated heterocycles. The van der Waals surface area contributed by atoms with Gasteiger partial charge in [-0.2, -0.15) is 0 Å². The molecule has 37 heavy (non-hydrogen) atoms. The third kappa shape index (κ3) is 7.07. The van der Waals surface area contributed by atoms with Crippen molar-refractivity contribution in [2.45, 2.75) is 32.4 Å². The van der Waals surface area contributed by atoms with Crippen LogP contribution in [0.25, 0.3) is 0 Å². The second-order valence-electron chi connectivity index (χ2n) is 9.44. The van der Waals surface area contributed by atoms with E-state index in [-0.39, 0.29) is 36.6 Å². The molecule has 1 aromatic heterocycles. The first-order valence-electron chi connectivity index (χ1n) is 12.4. The number of hydrogen-bond acceptors (Lipinski definition) is 5. The molecule has 4 rings (SSSR count). The van der Waals surface area contributed by atoms with Gasteiger partial charge in [0.2, 0.25) is 0 Å². The van der Waals surface area contributed by atoms with E-state index < -0.39 is 6.03 Å². The topological polar surface area (TPSA) is 86.2 Å². The van der Waals surface area contributed by atoms with Crippen molar-refractivity contribution in [1.82, 2.24) is 14.9 Å². The maximum absolute atomic E-state index is 14.0. The fourth-order valence-electron chi connectivity index (χ4n) is 4.73. The van der Waals surface area contributed by atoms with E-state index >= 15 is 0 Å². The molecule has 0 radical (unpaired) electrons. The molecule has 2 unspecified atom stereocenters. The maximum Gasteiger partial charge on any atom is 0.338 e. The third-order valence-electron chi connectivity index (χ3n) is 6.73. The van der Waals surface area contributed by atoms with Crippen LogP contribution in [0.1, 0.15) is 42.9 Å². The smallest absolute Gasteiger partial charge is 0.338 e. The zero-order valence-electron chi connectivity index (χ0n) is 20.9. The Morgan fingerprint density at radius 2 is 1.89 bits per heavy atom. The molecule has 2 amide bonds. The molecule has 0 saturated carbocycles. The Bertz CT molecular complexity index is 1200. The number of amides is 2. The number of carbonyl (C=O) groups excluding carboxylic acids is 1. The van der Waals surface area contributed by atoms with Crippen LogP contribution in [0.4, 0.5) is 13.6 Å². The number of hydrogen-bond donors (Lipinski definition) is 2. The number of primary amides is 1. The average Bonchev–Trinajstić information content (AvgIpc) is 3.33. The highest BCUT2D eigenvalue weighted by atomic mass is 19.1. The number of hydroxylamine groups is 2. The van der Waals surface area contributed by atoms with Gasteiger partial charge in [-0.15, -0.1) is 0 Å². The lowest BCUT2D eigenvalue weighted by atomic mass is 9.86. The SMILES string of the molecule is CC1CC(C(c2ccc(F)cc2)N2CCN(Cc3ccc(C#CCCN(O)C(N)=O)o3)CC2)=CC=C1F. The highest BCUT2D eigenvalue weighted by Crippen LogP contribution is 2.37. The lowest BCUT2D eigenvalue weighted by Crippen LogP contribution is -2.47. The van der Waals surface area contributed by atoms with E-state index in [0.717, 1.165) is 43.1 Å². The molecule has 1 aliphatic carbocycles. The molecule has 7 nitrogen and oxygen atoms in total. The molecule has 2 aromatic rings. The number of carbonyl (C=O) groups is 1. The normalized spacial score (nSPS) is 19.4. The van der Waals surface area contributed by atoms with Crippen LogP contribution >= 0.6 is 0 Å². The fraction of sp³-hybridized carbons (Fsp3) is 0.393. The van der Waals surface area contributed by atoms with E-state index in [9.17, 15) is 18.8 Å². The van der Waals surface area contributed by atoms with Gasteiger partial charge in [-0.05, 0) is 53.8 Å². The fourth-order valence-corrected chi connectivity index (χ4v) is 4.73. The van der Waals surface area contributed by atoms with Crippen LogP contribution in [-0.4, -0.2) is 58.8 Å². The lowest BCUT2D eigenvalue weighted by Gasteiger charge is -2.41. The lowest BCUT2D eigenvalue weighted by molar-refractivity contribution is -0.0372. The minimum atomic E-state index is -0.915. The monoisotopic (exact) mass is 510 g/mol. The van der Waals surface area contributed by atoms with Gasteiger partial charge < -0.3 is 10.2 Å². The van der Waals surface area contributed by atoms with Crippen LogP contribution < -0.4 is 5.73 Å². The van der Waals surface area contributed by atoms with Crippen molar-refractivity contribution < 1.29 is 23.2 Å². The van der Waals surface area contributed by atoms with Crippen LogP contribution in [0.3, 0.4) is 0 Å². The summed E-state index contributed by atoms with van der Waals surface area (Å²) in [6.45, 7) is 5.84. The molecule has 3 N–H and O–H groups in total. The number of benzene rings is 1. The minimum Gasteiger partial charge on any atom is -0.451 e. The highest BCUT2D eigenvalue weighted by molar-refractivity contribution is 5.70. The molecule has 9 heteroatoms. The quantitative estimate of drug-likeness (QED) is 0.323. The first-order chi connectivity index (χ1) is 17.8. The summed E-state index contributed by atoms with van der Waals surface area (Å²) < 4.78 is 33.5. The van der Waals surface area contributed by atoms with Crippen LogP contribution in [0, 0.1) is 23.6 Å². The Labute approximate surface area is 215 Å². The van der Waals surface area contributed by atoms with Gasteiger partial charge in [0, 0.05) is 38.5 Å². The van der Waals surface area contributed by atoms with E-state index in [1.807, 2.05) is 31.2 Å². The number of nitrogens with two attached hydrogens (primary N) is 1. The van der Waals surface area contributed by atoms with E-state index in [1.54, 1.807) is 12.1 Å². The molecule has 196 valence electrons. The van der Waals surface area contributed by atoms with Crippen LogP contribution in [0.5, 0.6) is 0 Å². The van der Waals surface area contributed by atoms with Crippen molar-refractivity contribution >= 4 is 6.03 Å². The Hall–Kier alpha value is -3.45. The molecular formula is C28H32F2N4O3. The minimum absolute atomic E-state index is 0.0237. The van der Waals surface area contributed by atoms with Crippen molar-refractivity contribution in [3.8, 4) is 11.8 Å². The van der Waals surface area contributed by atoms with Gasteiger partial charge in [0.15, 0.2) is 5.76 Å². The summed E-state index contributed by atoms with van der Waals surface area (Å²) in [6, 6.07) is 9.37. The van der Waals surface area contributed by atoms with Crippen LogP contribution in [0.2, 0.25) is 0 Å². The van der Waals surface area contributed by atoms with Crippen molar-refractivity contribution in [2.75, 3.05) is 32.7 Å². The van der Waals surface area contributed by atoms with E-state index in [4.69, 9.17) is 10.2 Å². The first kappa shape index (κ1) is 26.6. The third-order valence-corrected chi connectivity index (χ3v) is 6.73. The zero-order chi connectivity index (χ0) is 26.4. The van der Waals surface area contributed by atoms with Crippen molar-refractivity contribution in [3.05, 3.63) is 82.9 Å². The number of piperazine rings is 1. The molecule has 1 fully saturated rings. The Morgan fingerprint density at radius 3 is 2.57 bits per heavy atom. The van der Waals surface area contributed by atoms with E-state index in [2.05, 4.69) is 21.6 Å². The zero-order valence-corrected chi connectivity index (χ0v) is 20.9. The maximum atomic E-state index is 14.0. The molecule has 0 spiro atoms. The van der Waals surface area contributed by atoms with E-state index in [0.29, 0.717) is 23.8 Å². The van der Waals surface area contributed by atoms with E-state index in [1.165, 1.54) is 12.1 Å². The first-order valence-corrected chi connectivity index (χ1v) is 12.4. The van der Waals surface area contributed by atoms with Gasteiger partial charge in [0.05, 0.1) is 19.1 Å². The Kier molecular flexibility index (Phi) is 8.77. The summed E-state index contributed by atoms with van der Waals surface area (Å²) in [4.78, 5) is 15.5. The van der Waals surface area contributed by atoms with Gasteiger partial charge in [-0.3, -0.25) is 15.0 Å². The van der Waals surface area contributed by atoms with Gasteiger partial charge in [0.1, 0.15) is 17.4 Å². The summed E-state index contributed by atoms with van der Waals surface area (Å²) in [7, 11) is 0. The number of halogens is 2. The summed E-state index contributed by atoms with van der Waals surface area (Å²) >= 11 is 0. The molecule has 1 aliphatic heterocycles. The predicted octanol–water partition coefficient (Wildman–Crippen LogP) is 4.61. The number of allylic oxidation sites excluding steroid dienone is 3. The number of rotatable bonds is 7. The Morgan fingerprint density at radius 1 is 1.16 bits per heavy atom. The summed E-state index contributed by atoms with van der Waals surface area (Å²) in [5.74, 6) is 6.53. The largest absolute Gasteiger partial charge is 0.451 e. The predicted molar refractivity (Wildman–Crippen MR) is 135 cm³/mol. The summed E-state index contributed by atoms with van der Waals surface area (Å²) in [5, 5.41) is 9.68. The van der Waals surface area contributed by atoms with Crippen LogP contribution in [0.15, 0.2) is 64.4 Å². The average molecular weight is 511 g/mol. The van der Waals surface area contributed by atoms with Crippen molar-refractivity contribution in [1.29, 1.82) is 0 Å². The summed E-state index contributed by atoms with van der Waals surface area (Å²) in [5.41, 5.74) is 7.11. The van der Waals surface area contributed by atoms with Crippen molar-refractivity contribution in [2.24, 2.45) is 11.7 Å². The Balaban J connectivity index is 1.36. The standard InChI is InChI=1S/C28H32F2N4O3/c1-20-18-22(7-12-26(20)30)27(21-5-8-23(29)9-6-21)33-16-14-32(15-17-33)19-25-11-10-24(37-25)4-2-3-13-34(36)28(31)35/h5-12,20,27,36H,3,13-19H2,1H3,(H2,31,35). The molecular weight excluding hydrogens is 478 g/mol. The number of nitrogens with zero attached hydrogens (tertiary/aromatic N) is 3. The number of furan rings is 1. The van der Waals surface area contributed by atoms with Crippen molar-refractivity contribution in [3.63, 3.8) is 0 Å². The molecule has 0 bridgehead atoms. The highest BCUT2D eigenvalue weighted by Gasteiger charge is 2.30.